The summed E-state index contributed by atoms with van der Waals surface area (Å²) in [6, 6.07) is 0. The van der Waals surface area contributed by atoms with Crippen molar-refractivity contribution in [3.63, 3.8) is 0 Å². The number of nitrogens with zero attached hydrogens (tertiary/aromatic N) is 4. The van der Waals surface area contributed by atoms with Crippen molar-refractivity contribution in [2.75, 3.05) is 37.5 Å². The minimum atomic E-state index is -0.859. The van der Waals surface area contributed by atoms with Crippen LogP contribution < -0.4 is 4.90 Å². The minimum absolute atomic E-state index is 0.0131. The van der Waals surface area contributed by atoms with Crippen LogP contribution in [-0.2, 0) is 16.1 Å². The van der Waals surface area contributed by atoms with E-state index >= 15 is 0 Å². The Bertz CT molecular complexity index is 411. The summed E-state index contributed by atoms with van der Waals surface area (Å²) in [5.41, 5.74) is 0. The predicted octanol–water partition coefficient (Wildman–Crippen LogP) is 0.947. The first-order valence-electron chi connectivity index (χ1n) is 6.16. The summed E-state index contributed by atoms with van der Waals surface area (Å²) < 4.78 is 7.21. The molecule has 0 aliphatic heterocycles. The van der Waals surface area contributed by atoms with E-state index in [1.165, 1.54) is 11.8 Å². The highest BCUT2D eigenvalue weighted by atomic mass is 32.2. The van der Waals surface area contributed by atoms with Crippen LogP contribution in [0.3, 0.4) is 0 Å². The zero-order chi connectivity index (χ0) is 14.3. The molecule has 1 N–H and O–H groups in total. The van der Waals surface area contributed by atoms with E-state index in [9.17, 15) is 4.79 Å². The highest BCUT2D eigenvalue weighted by molar-refractivity contribution is 7.99. The van der Waals surface area contributed by atoms with Gasteiger partial charge in [0.15, 0.2) is 5.16 Å². The molecule has 0 unspecified atom stereocenters. The Labute approximate surface area is 116 Å². The maximum absolute atomic E-state index is 10.6. The van der Waals surface area contributed by atoms with E-state index < -0.39 is 5.97 Å². The predicted molar refractivity (Wildman–Crippen MR) is 73.8 cm³/mol. The lowest BCUT2D eigenvalue weighted by Crippen LogP contribution is -2.25. The maximum Gasteiger partial charge on any atom is 0.313 e. The lowest BCUT2D eigenvalue weighted by atomic mass is 10.6. The molecule has 0 amide bonds. The molecule has 0 aliphatic rings. The highest BCUT2D eigenvalue weighted by Crippen LogP contribution is 2.20. The quantitative estimate of drug-likeness (QED) is 0.535. The Hall–Kier alpha value is -1.28. The van der Waals surface area contributed by atoms with Crippen LogP contribution >= 0.6 is 11.8 Å². The number of hydrogen-bond donors (Lipinski definition) is 1. The Morgan fingerprint density at radius 3 is 2.79 bits per heavy atom. The van der Waals surface area contributed by atoms with Crippen molar-refractivity contribution in [3.8, 4) is 0 Å². The van der Waals surface area contributed by atoms with Crippen molar-refractivity contribution in [1.29, 1.82) is 0 Å². The summed E-state index contributed by atoms with van der Waals surface area (Å²) in [6.07, 6.45) is 0. The molecule has 0 saturated carbocycles. The topological polar surface area (TPSA) is 80.5 Å². The third-order valence-corrected chi connectivity index (χ3v) is 3.41. The maximum atomic E-state index is 10.6. The van der Waals surface area contributed by atoms with Crippen LogP contribution in [0.5, 0.6) is 0 Å². The van der Waals surface area contributed by atoms with Crippen LogP contribution in [-0.4, -0.2) is 58.4 Å². The standard InChI is InChI=1S/C11H20N4O3S/c1-4-15-10(14(3)6-7-18-5-2)12-13-11(15)19-8-9(16)17/h4-8H2,1-3H3,(H,16,17). The number of aromatic nitrogens is 3. The zero-order valence-corrected chi connectivity index (χ0v) is 12.3. The molecule has 108 valence electrons. The first kappa shape index (κ1) is 15.8. The van der Waals surface area contributed by atoms with E-state index in [-0.39, 0.29) is 5.75 Å². The molecule has 1 aromatic heterocycles. The fourth-order valence-corrected chi connectivity index (χ4v) is 2.24. The molecule has 7 nitrogen and oxygen atoms in total. The van der Waals surface area contributed by atoms with Crippen LogP contribution in [0, 0.1) is 0 Å². The van der Waals surface area contributed by atoms with Gasteiger partial charge in [0.25, 0.3) is 0 Å². The van der Waals surface area contributed by atoms with Gasteiger partial charge in [-0.3, -0.25) is 9.36 Å². The molecule has 0 saturated heterocycles. The lowest BCUT2D eigenvalue weighted by Gasteiger charge is -2.18. The van der Waals surface area contributed by atoms with E-state index in [0.717, 1.165) is 12.5 Å². The van der Waals surface area contributed by atoms with Crippen molar-refractivity contribution < 1.29 is 14.6 Å². The van der Waals surface area contributed by atoms with Gasteiger partial charge in [-0.25, -0.2) is 0 Å². The van der Waals surface area contributed by atoms with Gasteiger partial charge in [-0.15, -0.1) is 10.2 Å². The van der Waals surface area contributed by atoms with E-state index in [2.05, 4.69) is 10.2 Å². The van der Waals surface area contributed by atoms with Gasteiger partial charge >= 0.3 is 5.97 Å². The molecule has 1 rings (SSSR count). The third kappa shape index (κ3) is 4.71. The first-order valence-corrected chi connectivity index (χ1v) is 7.15. The summed E-state index contributed by atoms with van der Waals surface area (Å²) in [6.45, 7) is 6.66. The van der Waals surface area contributed by atoms with Crippen molar-refractivity contribution >= 4 is 23.7 Å². The van der Waals surface area contributed by atoms with Gasteiger partial charge in [-0.05, 0) is 13.8 Å². The number of hydrogen-bond acceptors (Lipinski definition) is 6. The lowest BCUT2D eigenvalue weighted by molar-refractivity contribution is -0.133. The van der Waals surface area contributed by atoms with E-state index in [1.54, 1.807) is 0 Å². The minimum Gasteiger partial charge on any atom is -0.481 e. The van der Waals surface area contributed by atoms with Crippen LogP contribution in [0.4, 0.5) is 5.95 Å². The number of carboxylic acid groups (broad SMARTS) is 1. The first-order chi connectivity index (χ1) is 9.10. The molecule has 0 atom stereocenters. The van der Waals surface area contributed by atoms with Gasteiger partial charge in [0.1, 0.15) is 0 Å². The van der Waals surface area contributed by atoms with Gasteiger partial charge in [0.05, 0.1) is 12.4 Å². The summed E-state index contributed by atoms with van der Waals surface area (Å²) in [5, 5.41) is 17.5. The monoisotopic (exact) mass is 288 g/mol. The van der Waals surface area contributed by atoms with Crippen molar-refractivity contribution in [2.24, 2.45) is 0 Å². The number of carbonyl (C=O) groups is 1. The molecule has 0 bridgehead atoms. The second kappa shape index (κ2) is 8.00. The SMILES string of the molecule is CCOCCN(C)c1nnc(SCC(=O)O)n1CC. The summed E-state index contributed by atoms with van der Waals surface area (Å²) in [5.74, 6) is -0.141. The van der Waals surface area contributed by atoms with Crippen LogP contribution in [0.1, 0.15) is 13.8 Å². The largest absolute Gasteiger partial charge is 0.481 e. The average Bonchev–Trinajstić information content (AvgIpc) is 2.79. The molecule has 0 fully saturated rings. The van der Waals surface area contributed by atoms with E-state index in [0.29, 0.717) is 24.9 Å². The molecule has 19 heavy (non-hydrogen) atoms. The fourth-order valence-electron chi connectivity index (χ4n) is 1.52. The van der Waals surface area contributed by atoms with Gasteiger partial charge in [-0.1, -0.05) is 11.8 Å². The highest BCUT2D eigenvalue weighted by Gasteiger charge is 2.15. The third-order valence-electron chi connectivity index (χ3n) is 2.45. The molecule has 0 aromatic carbocycles. The number of aliphatic carboxylic acids is 1. The second-order valence-corrected chi connectivity index (χ2v) is 4.77. The normalized spacial score (nSPS) is 10.7. The van der Waals surface area contributed by atoms with E-state index in [4.69, 9.17) is 9.84 Å². The van der Waals surface area contributed by atoms with Gasteiger partial charge in [0, 0.05) is 26.7 Å². The fraction of sp³-hybridized carbons (Fsp3) is 0.727. The summed E-state index contributed by atoms with van der Waals surface area (Å²) in [4.78, 5) is 12.5. The summed E-state index contributed by atoms with van der Waals surface area (Å²) >= 11 is 1.18. The number of likely N-dealkylation sites (N-methyl/N-ethyl adjacent to an activating group) is 1. The Morgan fingerprint density at radius 2 is 2.21 bits per heavy atom. The number of anilines is 1. The molecular weight excluding hydrogens is 268 g/mol. The van der Waals surface area contributed by atoms with E-state index in [1.807, 2.05) is 30.4 Å². The van der Waals surface area contributed by atoms with Crippen LogP contribution in [0.2, 0.25) is 0 Å². The molecule has 1 aromatic rings. The van der Waals surface area contributed by atoms with Crippen molar-refractivity contribution in [2.45, 2.75) is 25.5 Å². The van der Waals surface area contributed by atoms with Crippen LogP contribution in [0.15, 0.2) is 5.16 Å². The van der Waals surface area contributed by atoms with Gasteiger partial charge in [0.2, 0.25) is 5.95 Å². The molecular formula is C11H20N4O3S. The van der Waals surface area contributed by atoms with Gasteiger partial charge < -0.3 is 14.7 Å². The molecule has 0 spiro atoms. The number of ether oxygens (including phenoxy) is 1. The molecule has 0 radical (unpaired) electrons. The number of rotatable bonds is 9. The Balaban J connectivity index is 2.69. The number of carboxylic acids is 1. The van der Waals surface area contributed by atoms with Crippen molar-refractivity contribution in [3.05, 3.63) is 0 Å². The average molecular weight is 288 g/mol. The molecule has 8 heteroatoms. The van der Waals surface area contributed by atoms with Gasteiger partial charge in [-0.2, -0.15) is 0 Å². The zero-order valence-electron chi connectivity index (χ0n) is 11.5. The smallest absolute Gasteiger partial charge is 0.313 e. The number of thioether (sulfide) groups is 1. The Kier molecular flexibility index (Phi) is 6.65. The molecule has 0 aliphatic carbocycles. The van der Waals surface area contributed by atoms with Crippen LogP contribution in [0.25, 0.3) is 0 Å². The second-order valence-electron chi connectivity index (χ2n) is 3.83. The van der Waals surface area contributed by atoms with Crippen molar-refractivity contribution in [1.82, 2.24) is 14.8 Å². The Morgan fingerprint density at radius 1 is 1.47 bits per heavy atom. The molecule has 1 heterocycles. The summed E-state index contributed by atoms with van der Waals surface area (Å²) in [7, 11) is 1.92.